The van der Waals surface area contributed by atoms with Gasteiger partial charge in [-0.25, -0.2) is 5.01 Å². The average molecular weight is 319 g/mol. The van der Waals surface area contributed by atoms with Crippen LogP contribution >= 0.6 is 0 Å². The number of furan rings is 1. The molecule has 6 nitrogen and oxygen atoms in total. The van der Waals surface area contributed by atoms with E-state index in [0.29, 0.717) is 29.7 Å². The molecule has 6 heteroatoms. The number of piperazine rings is 1. The molecule has 0 atom stereocenters. The van der Waals surface area contributed by atoms with E-state index in [-0.39, 0.29) is 22.9 Å². The molecule has 1 N–H and O–H groups in total. The van der Waals surface area contributed by atoms with E-state index in [1.807, 2.05) is 5.01 Å². The Labute approximate surface area is 136 Å². The standard InChI is InChI=1S/C17H25N3O3/c1-11-14-12(21)9-17(2,3)10-13(14)23-15(11)16(22)18-20-7-5-19(4)6-8-20/h5-10H2,1-4H3,(H,18,22). The normalized spacial score (nSPS) is 22.0. The van der Waals surface area contributed by atoms with Gasteiger partial charge in [-0.3, -0.25) is 15.0 Å². The molecule has 1 fully saturated rings. The van der Waals surface area contributed by atoms with E-state index in [4.69, 9.17) is 4.42 Å². The number of nitrogens with zero attached hydrogens (tertiary/aromatic N) is 2. The molecule has 2 heterocycles. The van der Waals surface area contributed by atoms with Crippen LogP contribution in [0.4, 0.5) is 0 Å². The Morgan fingerprint density at radius 2 is 1.83 bits per heavy atom. The number of rotatable bonds is 2. The van der Waals surface area contributed by atoms with Crippen molar-refractivity contribution in [1.82, 2.24) is 15.3 Å². The second kappa shape index (κ2) is 5.76. The van der Waals surface area contributed by atoms with Crippen LogP contribution in [0.1, 0.15) is 52.5 Å². The molecule has 1 aromatic heterocycles. The zero-order valence-electron chi connectivity index (χ0n) is 14.4. The lowest BCUT2D eigenvalue weighted by atomic mass is 9.76. The van der Waals surface area contributed by atoms with Gasteiger partial charge >= 0.3 is 5.91 Å². The molecule has 1 aliphatic heterocycles. The van der Waals surface area contributed by atoms with E-state index in [1.54, 1.807) is 6.92 Å². The molecule has 2 aliphatic rings. The quantitative estimate of drug-likeness (QED) is 0.897. The summed E-state index contributed by atoms with van der Waals surface area (Å²) in [4.78, 5) is 27.1. The molecule has 126 valence electrons. The average Bonchev–Trinajstić information content (AvgIpc) is 2.77. The Hall–Kier alpha value is -1.66. The van der Waals surface area contributed by atoms with Crippen molar-refractivity contribution in [3.8, 4) is 0 Å². The van der Waals surface area contributed by atoms with Crippen molar-refractivity contribution in [3.05, 3.63) is 22.6 Å². The number of likely N-dealkylation sites (N-methyl/N-ethyl adjacent to an activating group) is 1. The highest BCUT2D eigenvalue weighted by atomic mass is 16.4. The summed E-state index contributed by atoms with van der Waals surface area (Å²) in [6.07, 6.45) is 1.19. The molecule has 3 rings (SSSR count). The van der Waals surface area contributed by atoms with E-state index < -0.39 is 0 Å². The molecule has 1 amide bonds. The van der Waals surface area contributed by atoms with Crippen LogP contribution in [-0.4, -0.2) is 54.8 Å². The van der Waals surface area contributed by atoms with Gasteiger partial charge in [0.1, 0.15) is 5.76 Å². The molecule has 23 heavy (non-hydrogen) atoms. The van der Waals surface area contributed by atoms with Crippen molar-refractivity contribution in [1.29, 1.82) is 0 Å². The van der Waals surface area contributed by atoms with Crippen LogP contribution in [0.15, 0.2) is 4.42 Å². The zero-order chi connectivity index (χ0) is 16.8. The van der Waals surface area contributed by atoms with Crippen molar-refractivity contribution < 1.29 is 14.0 Å². The van der Waals surface area contributed by atoms with Crippen molar-refractivity contribution in [2.24, 2.45) is 5.41 Å². The molecule has 0 radical (unpaired) electrons. The van der Waals surface area contributed by atoms with Crippen LogP contribution in [0.2, 0.25) is 0 Å². The highest BCUT2D eigenvalue weighted by Crippen LogP contribution is 2.38. The second-order valence-electron chi connectivity index (χ2n) is 7.53. The van der Waals surface area contributed by atoms with Gasteiger partial charge < -0.3 is 9.32 Å². The molecule has 0 saturated carbocycles. The molecule has 1 saturated heterocycles. The van der Waals surface area contributed by atoms with Gasteiger partial charge in [0, 0.05) is 44.6 Å². The van der Waals surface area contributed by atoms with Crippen molar-refractivity contribution in [2.45, 2.75) is 33.6 Å². The maximum Gasteiger partial charge on any atom is 0.301 e. The van der Waals surface area contributed by atoms with Crippen LogP contribution in [0.3, 0.4) is 0 Å². The Balaban J connectivity index is 1.79. The molecule has 0 spiro atoms. The third kappa shape index (κ3) is 3.19. The Morgan fingerprint density at radius 3 is 2.48 bits per heavy atom. The summed E-state index contributed by atoms with van der Waals surface area (Å²) < 4.78 is 5.80. The predicted molar refractivity (Wildman–Crippen MR) is 86.4 cm³/mol. The smallest absolute Gasteiger partial charge is 0.301 e. The highest BCUT2D eigenvalue weighted by molar-refractivity contribution is 6.03. The molecular weight excluding hydrogens is 294 g/mol. The Morgan fingerprint density at radius 1 is 1.17 bits per heavy atom. The van der Waals surface area contributed by atoms with Gasteiger partial charge in [-0.2, -0.15) is 0 Å². The Kier molecular flexibility index (Phi) is 4.06. The van der Waals surface area contributed by atoms with Crippen LogP contribution in [0.25, 0.3) is 0 Å². The van der Waals surface area contributed by atoms with E-state index in [1.165, 1.54) is 0 Å². The molecule has 0 unspecified atom stereocenters. The van der Waals surface area contributed by atoms with Crippen molar-refractivity contribution in [3.63, 3.8) is 0 Å². The second-order valence-corrected chi connectivity index (χ2v) is 7.53. The SMILES string of the molecule is Cc1c(C(=O)NN2CCN(C)CC2)oc2c1C(=O)CC(C)(C)C2. The van der Waals surface area contributed by atoms with Gasteiger partial charge in [0.2, 0.25) is 0 Å². The van der Waals surface area contributed by atoms with Gasteiger partial charge in [-0.15, -0.1) is 0 Å². The number of carbonyl (C=O) groups is 2. The number of ketones is 1. The van der Waals surface area contributed by atoms with Gasteiger partial charge in [0.15, 0.2) is 11.5 Å². The molecule has 0 aromatic carbocycles. The van der Waals surface area contributed by atoms with Crippen molar-refractivity contribution in [2.75, 3.05) is 33.2 Å². The minimum Gasteiger partial charge on any atom is -0.455 e. The lowest BCUT2D eigenvalue weighted by Crippen LogP contribution is -2.52. The van der Waals surface area contributed by atoms with Crippen molar-refractivity contribution >= 4 is 11.7 Å². The van der Waals surface area contributed by atoms with E-state index >= 15 is 0 Å². The number of carbonyl (C=O) groups excluding carboxylic acids is 2. The number of fused-ring (bicyclic) bond motifs is 1. The van der Waals surface area contributed by atoms with E-state index in [2.05, 4.69) is 31.2 Å². The van der Waals surface area contributed by atoms with Crippen LogP contribution in [0.5, 0.6) is 0 Å². The molecule has 0 bridgehead atoms. The first-order chi connectivity index (χ1) is 10.8. The Bertz CT molecular complexity index is 640. The summed E-state index contributed by atoms with van der Waals surface area (Å²) >= 11 is 0. The van der Waals surface area contributed by atoms with Crippen LogP contribution in [0, 0.1) is 12.3 Å². The monoisotopic (exact) mass is 319 g/mol. The lowest BCUT2D eigenvalue weighted by molar-refractivity contribution is 0.0632. The number of hydrogen-bond acceptors (Lipinski definition) is 5. The molecular formula is C17H25N3O3. The first kappa shape index (κ1) is 16.2. The summed E-state index contributed by atoms with van der Waals surface area (Å²) in [6.45, 7) is 9.31. The van der Waals surface area contributed by atoms with Crippen LogP contribution in [-0.2, 0) is 6.42 Å². The summed E-state index contributed by atoms with van der Waals surface area (Å²) in [5.74, 6) is 0.760. The number of hydrogen-bond donors (Lipinski definition) is 1. The molecule has 1 aliphatic carbocycles. The van der Waals surface area contributed by atoms with E-state index in [9.17, 15) is 9.59 Å². The number of amides is 1. The first-order valence-corrected chi connectivity index (χ1v) is 8.17. The minimum atomic E-state index is -0.257. The summed E-state index contributed by atoms with van der Waals surface area (Å²) in [6, 6.07) is 0. The third-order valence-electron chi connectivity index (χ3n) is 4.75. The fourth-order valence-electron chi connectivity index (χ4n) is 3.41. The van der Waals surface area contributed by atoms with Gasteiger partial charge in [0.25, 0.3) is 0 Å². The van der Waals surface area contributed by atoms with Gasteiger partial charge in [-0.05, 0) is 19.4 Å². The lowest BCUT2D eigenvalue weighted by Gasteiger charge is -2.32. The number of Topliss-reactive ketones (excluding diaryl/α,β-unsaturated/α-hetero) is 1. The summed E-state index contributed by atoms with van der Waals surface area (Å²) in [7, 11) is 2.07. The largest absolute Gasteiger partial charge is 0.455 e. The third-order valence-corrected chi connectivity index (χ3v) is 4.75. The highest BCUT2D eigenvalue weighted by Gasteiger charge is 2.37. The first-order valence-electron chi connectivity index (χ1n) is 8.17. The summed E-state index contributed by atoms with van der Waals surface area (Å²) in [5, 5.41) is 1.91. The minimum absolute atomic E-state index is 0.0798. The fourth-order valence-corrected chi connectivity index (χ4v) is 3.41. The van der Waals surface area contributed by atoms with Gasteiger partial charge in [-0.1, -0.05) is 13.8 Å². The van der Waals surface area contributed by atoms with E-state index in [0.717, 1.165) is 26.2 Å². The maximum atomic E-state index is 12.5. The summed E-state index contributed by atoms with van der Waals surface area (Å²) in [5.41, 5.74) is 4.08. The maximum absolute atomic E-state index is 12.5. The number of nitrogens with one attached hydrogen (secondary N) is 1. The van der Waals surface area contributed by atoms with Gasteiger partial charge in [0.05, 0.1) is 5.56 Å². The zero-order valence-corrected chi connectivity index (χ0v) is 14.4. The fraction of sp³-hybridized carbons (Fsp3) is 0.647. The van der Waals surface area contributed by atoms with Crippen LogP contribution < -0.4 is 5.43 Å². The molecule has 1 aromatic rings. The number of hydrazine groups is 1. The topological polar surface area (TPSA) is 65.8 Å². The predicted octanol–water partition coefficient (Wildman–Crippen LogP) is 1.64.